The molecule has 3 rings (SSSR count). The normalized spacial score (nSPS) is 22.3. The largest absolute Gasteiger partial charge is 0.481 e. The smallest absolute Gasteiger partial charge is 0.421 e. The van der Waals surface area contributed by atoms with E-state index in [-0.39, 0.29) is 17.6 Å². The summed E-state index contributed by atoms with van der Waals surface area (Å²) < 4.78 is 84.4. The predicted molar refractivity (Wildman–Crippen MR) is 107 cm³/mol. The SMILES string of the molecule is CC1(C)C(C=C(C(F)(F)F)C(F)(F)F)C1(C(=O)O)C(C#N)c1cccc(Oc2ccccc2)n1. The van der Waals surface area contributed by atoms with Gasteiger partial charge in [0.2, 0.25) is 5.88 Å². The standard InChI is InChI=1S/C23H18F6N2O3/c1-20(2)16(11-17(22(24,25)26)23(27,28)29)21(20,19(32)33)14(12-30)15-9-6-10-18(31-15)34-13-7-4-3-5-8-13/h3-11,14,16H,1-2H3,(H,32,33). The molecule has 34 heavy (non-hydrogen) atoms. The lowest BCUT2D eigenvalue weighted by molar-refractivity contribution is -0.172. The van der Waals surface area contributed by atoms with E-state index in [1.807, 2.05) is 0 Å². The first-order chi connectivity index (χ1) is 15.7. The van der Waals surface area contributed by atoms with Gasteiger partial charge in [-0.25, -0.2) is 4.98 Å². The Balaban J connectivity index is 2.09. The van der Waals surface area contributed by atoms with Crippen molar-refractivity contribution < 1.29 is 41.0 Å². The molecule has 11 heteroatoms. The molecular formula is C23H18F6N2O3. The van der Waals surface area contributed by atoms with Crippen LogP contribution in [0.25, 0.3) is 0 Å². The van der Waals surface area contributed by atoms with Crippen molar-refractivity contribution in [1.29, 1.82) is 5.26 Å². The van der Waals surface area contributed by atoms with E-state index in [1.165, 1.54) is 32.0 Å². The molecular weight excluding hydrogens is 466 g/mol. The number of carbonyl (C=O) groups is 1. The molecule has 0 spiro atoms. The molecule has 0 radical (unpaired) electrons. The minimum atomic E-state index is -5.76. The highest BCUT2D eigenvalue weighted by Crippen LogP contribution is 2.75. The number of para-hydroxylation sites is 1. The molecule has 1 aromatic heterocycles. The number of nitriles is 1. The third-order valence-corrected chi connectivity index (χ3v) is 6.14. The van der Waals surface area contributed by atoms with Crippen LogP contribution in [0.4, 0.5) is 26.3 Å². The zero-order chi connectivity index (χ0) is 25.5. The maximum Gasteiger partial charge on any atom is 0.421 e. The van der Waals surface area contributed by atoms with Gasteiger partial charge >= 0.3 is 18.3 Å². The third kappa shape index (κ3) is 4.20. The Hall–Kier alpha value is -3.55. The summed E-state index contributed by atoms with van der Waals surface area (Å²) in [7, 11) is 0. The molecule has 1 heterocycles. The number of benzene rings is 1. The first-order valence-corrected chi connectivity index (χ1v) is 9.86. The molecule has 3 unspecified atom stereocenters. The minimum Gasteiger partial charge on any atom is -0.481 e. The molecule has 2 aromatic rings. The first kappa shape index (κ1) is 25.1. The number of rotatable bonds is 6. The molecule has 1 aromatic carbocycles. The lowest BCUT2D eigenvalue weighted by Crippen LogP contribution is -2.30. The molecule has 180 valence electrons. The summed E-state index contributed by atoms with van der Waals surface area (Å²) in [5.41, 5.74) is -6.88. The van der Waals surface area contributed by atoms with Gasteiger partial charge in [-0.1, -0.05) is 44.2 Å². The maximum absolute atomic E-state index is 13.1. The van der Waals surface area contributed by atoms with E-state index in [4.69, 9.17) is 4.74 Å². The molecule has 0 amide bonds. The van der Waals surface area contributed by atoms with Gasteiger partial charge in [0.25, 0.3) is 0 Å². The summed E-state index contributed by atoms with van der Waals surface area (Å²) in [6, 6.07) is 14.1. The molecule has 0 saturated heterocycles. The van der Waals surface area contributed by atoms with Gasteiger partial charge in [0.15, 0.2) is 0 Å². The van der Waals surface area contributed by atoms with Crippen LogP contribution >= 0.6 is 0 Å². The van der Waals surface area contributed by atoms with Crippen LogP contribution < -0.4 is 4.74 Å². The van der Waals surface area contributed by atoms with Crippen molar-refractivity contribution in [2.75, 3.05) is 0 Å². The van der Waals surface area contributed by atoms with Crippen molar-refractivity contribution in [2.45, 2.75) is 32.1 Å². The zero-order valence-electron chi connectivity index (χ0n) is 17.8. The number of pyridine rings is 1. The fraction of sp³-hybridized carbons (Fsp3) is 0.348. The van der Waals surface area contributed by atoms with E-state index in [1.54, 1.807) is 36.4 Å². The number of halogens is 6. The van der Waals surface area contributed by atoms with Gasteiger partial charge in [0.1, 0.15) is 22.7 Å². The van der Waals surface area contributed by atoms with Crippen LogP contribution in [0, 0.1) is 28.1 Å². The van der Waals surface area contributed by atoms with Crippen LogP contribution in [-0.4, -0.2) is 28.4 Å². The second-order valence-electron chi connectivity index (χ2n) is 8.33. The molecule has 1 fully saturated rings. The lowest BCUT2D eigenvalue weighted by atomic mass is 9.80. The molecule has 1 saturated carbocycles. The summed E-state index contributed by atoms with van der Waals surface area (Å²) in [6.45, 7) is 2.42. The summed E-state index contributed by atoms with van der Waals surface area (Å²) in [4.78, 5) is 16.5. The second-order valence-corrected chi connectivity index (χ2v) is 8.33. The number of aliphatic carboxylic acids is 1. The summed E-state index contributed by atoms with van der Waals surface area (Å²) in [5.74, 6) is -4.77. The van der Waals surface area contributed by atoms with Gasteiger partial charge in [-0.3, -0.25) is 4.79 Å². The number of allylic oxidation sites excluding steroid dienone is 2. The molecule has 1 aliphatic rings. The van der Waals surface area contributed by atoms with Crippen LogP contribution in [0.1, 0.15) is 25.5 Å². The number of ether oxygens (including phenoxy) is 1. The monoisotopic (exact) mass is 484 g/mol. The number of aromatic nitrogens is 1. The highest BCUT2D eigenvalue weighted by Gasteiger charge is 2.79. The molecule has 0 bridgehead atoms. The first-order valence-electron chi connectivity index (χ1n) is 9.86. The number of hydrogen-bond donors (Lipinski definition) is 1. The maximum atomic E-state index is 13.1. The van der Waals surface area contributed by atoms with Gasteiger partial charge in [0.05, 0.1) is 11.8 Å². The van der Waals surface area contributed by atoms with E-state index < -0.39 is 46.6 Å². The Morgan fingerprint density at radius 2 is 1.68 bits per heavy atom. The van der Waals surface area contributed by atoms with Crippen molar-refractivity contribution in [2.24, 2.45) is 16.7 Å². The average Bonchev–Trinajstić information content (AvgIpc) is 3.21. The highest BCUT2D eigenvalue weighted by atomic mass is 19.4. The average molecular weight is 484 g/mol. The van der Waals surface area contributed by atoms with Crippen LogP contribution in [0.2, 0.25) is 0 Å². The van der Waals surface area contributed by atoms with Gasteiger partial charge in [-0.05, 0) is 23.6 Å². The van der Waals surface area contributed by atoms with Crippen molar-refractivity contribution in [1.82, 2.24) is 4.98 Å². The van der Waals surface area contributed by atoms with Crippen molar-refractivity contribution in [3.8, 4) is 17.7 Å². The quantitative estimate of drug-likeness (QED) is 0.387. The zero-order valence-corrected chi connectivity index (χ0v) is 17.8. The van der Waals surface area contributed by atoms with E-state index in [0.29, 0.717) is 5.75 Å². The van der Waals surface area contributed by atoms with Crippen molar-refractivity contribution >= 4 is 5.97 Å². The number of alkyl halides is 6. The van der Waals surface area contributed by atoms with Gasteiger partial charge in [0, 0.05) is 12.0 Å². The summed E-state index contributed by atoms with van der Waals surface area (Å²) in [5, 5.41) is 19.8. The highest BCUT2D eigenvalue weighted by molar-refractivity contribution is 5.84. The number of carboxylic acids is 1. The topological polar surface area (TPSA) is 83.2 Å². The molecule has 1 aliphatic carbocycles. The van der Waals surface area contributed by atoms with E-state index >= 15 is 0 Å². The fourth-order valence-corrected chi connectivity index (χ4v) is 4.44. The number of carboxylic acid groups (broad SMARTS) is 1. The van der Waals surface area contributed by atoms with E-state index in [0.717, 1.165) is 0 Å². The van der Waals surface area contributed by atoms with Crippen molar-refractivity contribution in [3.05, 3.63) is 65.9 Å². The van der Waals surface area contributed by atoms with Crippen LogP contribution in [0.5, 0.6) is 11.6 Å². The van der Waals surface area contributed by atoms with Gasteiger partial charge in [-0.15, -0.1) is 0 Å². The Bertz CT molecular complexity index is 1140. The third-order valence-electron chi connectivity index (χ3n) is 6.14. The fourth-order valence-electron chi connectivity index (χ4n) is 4.44. The Labute approximate surface area is 190 Å². The second kappa shape index (κ2) is 8.34. The molecule has 1 N–H and O–H groups in total. The Morgan fingerprint density at radius 3 is 2.18 bits per heavy atom. The number of hydrogen-bond acceptors (Lipinski definition) is 4. The van der Waals surface area contributed by atoms with Crippen LogP contribution in [0.15, 0.2) is 60.2 Å². The molecule has 3 atom stereocenters. The van der Waals surface area contributed by atoms with Crippen molar-refractivity contribution in [3.63, 3.8) is 0 Å². The Morgan fingerprint density at radius 1 is 1.09 bits per heavy atom. The van der Waals surface area contributed by atoms with Gasteiger partial charge in [-0.2, -0.15) is 31.6 Å². The lowest BCUT2D eigenvalue weighted by Gasteiger charge is -2.21. The Kier molecular flexibility index (Phi) is 6.15. The summed E-state index contributed by atoms with van der Waals surface area (Å²) >= 11 is 0. The van der Waals surface area contributed by atoms with Gasteiger partial charge < -0.3 is 9.84 Å². The van der Waals surface area contributed by atoms with Crippen LogP contribution in [-0.2, 0) is 4.79 Å². The van der Waals surface area contributed by atoms with E-state index in [9.17, 15) is 41.5 Å². The summed E-state index contributed by atoms with van der Waals surface area (Å²) in [6.07, 6.45) is -11.6. The van der Waals surface area contributed by atoms with E-state index in [2.05, 4.69) is 4.98 Å². The predicted octanol–water partition coefficient (Wildman–Crippen LogP) is 6.26. The minimum absolute atomic E-state index is 0.0266. The molecule has 0 aliphatic heterocycles. The molecule has 5 nitrogen and oxygen atoms in total. The number of nitrogens with zero attached hydrogens (tertiary/aromatic N) is 2. The van der Waals surface area contributed by atoms with Crippen LogP contribution in [0.3, 0.4) is 0 Å².